The zero-order valence-corrected chi connectivity index (χ0v) is 22.0. The van der Waals surface area contributed by atoms with Crippen molar-refractivity contribution >= 4 is 15.7 Å². The zero-order chi connectivity index (χ0) is 26.7. The molecule has 2 fully saturated rings. The number of alkyl halides is 2. The summed E-state index contributed by atoms with van der Waals surface area (Å²) in [5.74, 6) is -0.831. The molecule has 2 aliphatic rings. The van der Waals surface area contributed by atoms with Gasteiger partial charge in [0.15, 0.2) is 0 Å². The van der Waals surface area contributed by atoms with Crippen LogP contribution in [-0.2, 0) is 21.3 Å². The third kappa shape index (κ3) is 5.87. The number of hydrogen-bond donors (Lipinski definition) is 0. The zero-order valence-electron chi connectivity index (χ0n) is 21.2. The predicted octanol–water partition coefficient (Wildman–Crippen LogP) is 4.36. The Morgan fingerprint density at radius 1 is 1.08 bits per heavy atom. The molecule has 0 unspecified atom stereocenters. The van der Waals surface area contributed by atoms with E-state index in [2.05, 4.69) is 20.1 Å². The van der Waals surface area contributed by atoms with Crippen molar-refractivity contribution in [1.82, 2.24) is 20.1 Å². The number of sulfonamides is 1. The molecule has 0 aliphatic carbocycles. The topological polar surface area (TPSA) is 102 Å². The molecular formula is C26H31F2N5O4S. The number of aryl methyl sites for hydroxylation is 1. The second-order valence-electron chi connectivity index (χ2n) is 9.75. The van der Waals surface area contributed by atoms with Gasteiger partial charge in [-0.15, -0.1) is 10.2 Å². The Kier molecular flexibility index (Phi) is 8.01. The standard InChI is InChI=1S/C26H31F2N5O4S/c1-18-3-2-4-22(15-18)33(17-20-6-5-19(16-29-20)25-30-31-26(37-25)24(27)28)38(34,35)23-7-11-32(12-8-23)21-9-13-36-14-10-21/h2-6,15-16,21,23-24H,7-14,17H2,1H3. The van der Waals surface area contributed by atoms with Gasteiger partial charge in [0.1, 0.15) is 0 Å². The third-order valence-corrected chi connectivity index (χ3v) is 9.47. The molecule has 2 aliphatic heterocycles. The average molecular weight is 548 g/mol. The Morgan fingerprint density at radius 3 is 2.47 bits per heavy atom. The van der Waals surface area contributed by atoms with E-state index in [-0.39, 0.29) is 12.4 Å². The fourth-order valence-corrected chi connectivity index (χ4v) is 7.00. The SMILES string of the molecule is Cc1cccc(N(Cc2ccc(-c3nnc(C(F)F)o3)cn2)S(=O)(=O)C2CCN(C3CCOCC3)CC2)c1. The van der Waals surface area contributed by atoms with Gasteiger partial charge in [0.05, 0.1) is 28.7 Å². The molecule has 0 bridgehead atoms. The van der Waals surface area contributed by atoms with Crippen molar-refractivity contribution in [2.75, 3.05) is 30.6 Å². The largest absolute Gasteiger partial charge is 0.415 e. The quantitative estimate of drug-likeness (QED) is 0.410. The molecule has 0 amide bonds. The van der Waals surface area contributed by atoms with E-state index in [4.69, 9.17) is 9.15 Å². The molecule has 0 radical (unpaired) electrons. The first-order valence-electron chi connectivity index (χ1n) is 12.8. The summed E-state index contributed by atoms with van der Waals surface area (Å²) in [6.07, 6.45) is 1.67. The lowest BCUT2D eigenvalue weighted by Crippen LogP contribution is -2.49. The minimum Gasteiger partial charge on any atom is -0.415 e. The summed E-state index contributed by atoms with van der Waals surface area (Å²) in [6, 6.07) is 11.1. The minimum atomic E-state index is -3.70. The van der Waals surface area contributed by atoms with E-state index in [0.717, 1.165) is 44.7 Å². The van der Waals surface area contributed by atoms with Gasteiger partial charge in [-0.05, 0) is 75.5 Å². The third-order valence-electron chi connectivity index (χ3n) is 7.21. The lowest BCUT2D eigenvalue weighted by molar-refractivity contribution is 0.0277. The Bertz CT molecular complexity index is 1320. The molecule has 0 spiro atoms. The lowest BCUT2D eigenvalue weighted by Gasteiger charge is -2.40. The van der Waals surface area contributed by atoms with Crippen LogP contribution in [0, 0.1) is 6.92 Å². The number of hydrogen-bond acceptors (Lipinski definition) is 8. The first-order chi connectivity index (χ1) is 18.3. The normalized spacial score (nSPS) is 18.2. The van der Waals surface area contributed by atoms with Crippen LogP contribution in [0.1, 0.15) is 49.3 Å². The Hall–Kier alpha value is -2.96. The number of halogens is 2. The highest BCUT2D eigenvalue weighted by Gasteiger charge is 2.37. The molecule has 2 aromatic heterocycles. The molecule has 0 N–H and O–H groups in total. The molecule has 204 valence electrons. The van der Waals surface area contributed by atoms with E-state index in [1.165, 1.54) is 10.5 Å². The van der Waals surface area contributed by atoms with Crippen LogP contribution in [0.2, 0.25) is 0 Å². The highest BCUT2D eigenvalue weighted by Crippen LogP contribution is 2.30. The molecule has 38 heavy (non-hydrogen) atoms. The van der Waals surface area contributed by atoms with E-state index in [1.807, 2.05) is 25.1 Å². The number of anilines is 1. The first kappa shape index (κ1) is 26.6. The van der Waals surface area contributed by atoms with E-state index in [0.29, 0.717) is 35.8 Å². The predicted molar refractivity (Wildman–Crippen MR) is 137 cm³/mol. The van der Waals surface area contributed by atoms with E-state index in [1.54, 1.807) is 18.2 Å². The second kappa shape index (κ2) is 11.4. The molecule has 12 heteroatoms. The van der Waals surface area contributed by atoms with Gasteiger partial charge in [0.25, 0.3) is 5.89 Å². The van der Waals surface area contributed by atoms with Crippen LogP contribution in [0.3, 0.4) is 0 Å². The van der Waals surface area contributed by atoms with Gasteiger partial charge in [0.2, 0.25) is 15.9 Å². The average Bonchev–Trinajstić information content (AvgIpc) is 3.43. The van der Waals surface area contributed by atoms with Gasteiger partial charge in [-0.2, -0.15) is 8.78 Å². The Balaban J connectivity index is 1.35. The van der Waals surface area contributed by atoms with E-state index < -0.39 is 27.6 Å². The van der Waals surface area contributed by atoms with E-state index in [9.17, 15) is 17.2 Å². The number of pyridine rings is 1. The van der Waals surface area contributed by atoms with Crippen LogP contribution >= 0.6 is 0 Å². The number of piperidine rings is 1. The molecule has 0 saturated carbocycles. The fourth-order valence-electron chi connectivity index (χ4n) is 5.11. The first-order valence-corrected chi connectivity index (χ1v) is 14.3. The van der Waals surface area contributed by atoms with Crippen LogP contribution in [0.4, 0.5) is 14.5 Å². The summed E-state index contributed by atoms with van der Waals surface area (Å²) in [5, 5.41) is 6.48. The minimum absolute atomic E-state index is 0.0400. The van der Waals surface area contributed by atoms with Crippen LogP contribution in [-0.4, -0.2) is 66.1 Å². The molecule has 4 heterocycles. The van der Waals surface area contributed by atoms with E-state index >= 15 is 0 Å². The van der Waals surface area contributed by atoms with Gasteiger partial charge in [-0.25, -0.2) is 8.42 Å². The highest BCUT2D eigenvalue weighted by molar-refractivity contribution is 7.93. The van der Waals surface area contributed by atoms with Crippen molar-refractivity contribution < 1.29 is 26.4 Å². The molecule has 0 atom stereocenters. The molecule has 2 saturated heterocycles. The Morgan fingerprint density at radius 2 is 1.84 bits per heavy atom. The number of nitrogens with zero attached hydrogens (tertiary/aromatic N) is 5. The maximum absolute atomic E-state index is 14.0. The maximum Gasteiger partial charge on any atom is 0.314 e. The van der Waals surface area contributed by atoms with Crippen LogP contribution in [0.15, 0.2) is 47.0 Å². The summed E-state index contributed by atoms with van der Waals surface area (Å²) in [4.78, 5) is 6.79. The Labute approximate surface area is 220 Å². The highest BCUT2D eigenvalue weighted by atomic mass is 32.2. The number of likely N-dealkylation sites (tertiary alicyclic amines) is 1. The fraction of sp³-hybridized carbons (Fsp3) is 0.500. The smallest absolute Gasteiger partial charge is 0.314 e. The van der Waals surface area contributed by atoms with Gasteiger partial charge in [0, 0.05) is 25.5 Å². The maximum atomic E-state index is 14.0. The summed E-state index contributed by atoms with van der Waals surface area (Å²) in [5.41, 5.74) is 2.42. The molecular weight excluding hydrogens is 516 g/mol. The molecule has 1 aromatic carbocycles. The van der Waals surface area contributed by atoms with Gasteiger partial charge >= 0.3 is 6.43 Å². The van der Waals surface area contributed by atoms with Crippen LogP contribution in [0.25, 0.3) is 11.5 Å². The second-order valence-corrected chi connectivity index (χ2v) is 11.9. The molecule has 3 aromatic rings. The van der Waals surface area contributed by atoms with Crippen molar-refractivity contribution in [2.45, 2.75) is 56.9 Å². The van der Waals surface area contributed by atoms with Crippen molar-refractivity contribution in [3.05, 3.63) is 59.7 Å². The van der Waals surface area contributed by atoms with Crippen molar-refractivity contribution in [2.24, 2.45) is 0 Å². The van der Waals surface area contributed by atoms with Crippen molar-refractivity contribution in [3.8, 4) is 11.5 Å². The number of benzene rings is 1. The van der Waals surface area contributed by atoms with Crippen molar-refractivity contribution in [3.63, 3.8) is 0 Å². The van der Waals surface area contributed by atoms with Crippen molar-refractivity contribution in [1.29, 1.82) is 0 Å². The van der Waals surface area contributed by atoms with Crippen LogP contribution in [0.5, 0.6) is 0 Å². The summed E-state index contributed by atoms with van der Waals surface area (Å²) in [6.45, 7) is 4.97. The summed E-state index contributed by atoms with van der Waals surface area (Å²) < 4.78 is 65.5. The number of aromatic nitrogens is 3. The van der Waals surface area contributed by atoms with Gasteiger partial charge < -0.3 is 14.1 Å². The van der Waals surface area contributed by atoms with Gasteiger partial charge in [-0.1, -0.05) is 12.1 Å². The molecule has 9 nitrogen and oxygen atoms in total. The lowest BCUT2D eigenvalue weighted by atomic mass is 10.0. The summed E-state index contributed by atoms with van der Waals surface area (Å²) in [7, 11) is -3.70. The monoisotopic (exact) mass is 547 g/mol. The van der Waals surface area contributed by atoms with Crippen LogP contribution < -0.4 is 4.31 Å². The number of rotatable bonds is 8. The molecule has 5 rings (SSSR count). The summed E-state index contributed by atoms with van der Waals surface area (Å²) >= 11 is 0. The number of ether oxygens (including phenoxy) is 1. The van der Waals surface area contributed by atoms with Gasteiger partial charge in [-0.3, -0.25) is 9.29 Å².